The molecule has 0 amide bonds. The second-order valence-electron chi connectivity index (χ2n) is 0.512. The van der Waals surface area contributed by atoms with Crippen molar-refractivity contribution in [2.45, 2.75) is 13.3 Å². The van der Waals surface area contributed by atoms with Crippen LogP contribution in [0, 0.1) is 11.3 Å². The van der Waals surface area contributed by atoms with E-state index in [1.54, 1.807) is 0 Å². The van der Waals surface area contributed by atoms with E-state index in [9.17, 15) is 0 Å². The highest BCUT2D eigenvalue weighted by atomic mass is 27.0. The summed E-state index contributed by atoms with van der Waals surface area (Å²) in [5, 5.41) is 7.62. The van der Waals surface area contributed by atoms with Crippen LogP contribution in [0.25, 0.3) is 0 Å². The third-order valence-corrected chi connectivity index (χ3v) is 0.158. The lowest BCUT2D eigenvalue weighted by Crippen LogP contribution is -1.38. The van der Waals surface area contributed by atoms with E-state index >= 15 is 0 Å². The van der Waals surface area contributed by atoms with Gasteiger partial charge < -0.3 is 0 Å². The Labute approximate surface area is 42.7 Å². The molecule has 0 aromatic rings. The van der Waals surface area contributed by atoms with E-state index in [1.807, 2.05) is 13.0 Å². The van der Waals surface area contributed by atoms with Crippen molar-refractivity contribution in [3.8, 4) is 6.07 Å². The summed E-state index contributed by atoms with van der Waals surface area (Å²) in [6.45, 7) is 1.82. The molecule has 5 heavy (non-hydrogen) atoms. The average molecular weight is 85.1 g/mol. The fourth-order valence-electron chi connectivity index (χ4n) is 0. The van der Waals surface area contributed by atoms with E-state index in [2.05, 4.69) is 0 Å². The van der Waals surface area contributed by atoms with Gasteiger partial charge in [-0.05, 0) is 0 Å². The Kier molecular flexibility index (Phi) is 16.0. The van der Waals surface area contributed by atoms with Crippen LogP contribution in [0.5, 0.6) is 0 Å². The minimum Gasteiger partial charge on any atom is -0.198 e. The molecule has 0 heterocycles. The van der Waals surface area contributed by atoms with Crippen LogP contribution in [0.2, 0.25) is 0 Å². The zero-order valence-electron chi connectivity index (χ0n) is 2.65. The van der Waals surface area contributed by atoms with Gasteiger partial charge in [-0.3, -0.25) is 0 Å². The van der Waals surface area contributed by atoms with Gasteiger partial charge in [0, 0.05) is 6.42 Å². The van der Waals surface area contributed by atoms with Crippen LogP contribution in [0.3, 0.4) is 0 Å². The Morgan fingerprint density at radius 3 is 2.00 bits per heavy atom. The van der Waals surface area contributed by atoms with Gasteiger partial charge in [-0.25, -0.2) is 0 Å². The molecule has 2 heteroatoms. The second kappa shape index (κ2) is 8.98. The first-order valence-corrected chi connectivity index (χ1v) is 1.28. The monoisotopic (exact) mass is 85.0 g/mol. The molecule has 0 saturated carbocycles. The Morgan fingerprint density at radius 2 is 2.00 bits per heavy atom. The minimum atomic E-state index is 0. The minimum absolute atomic E-state index is 0. The van der Waals surface area contributed by atoms with Crippen molar-refractivity contribution in [3.63, 3.8) is 0 Å². The fraction of sp³-hybridized carbons (Fsp3) is 0.667. The van der Waals surface area contributed by atoms with Crippen LogP contribution >= 0.6 is 0 Å². The van der Waals surface area contributed by atoms with Crippen LogP contribution in [0.4, 0.5) is 0 Å². The van der Waals surface area contributed by atoms with E-state index in [0.717, 1.165) is 0 Å². The maximum absolute atomic E-state index is 7.62. The molecule has 0 atom stereocenters. The third-order valence-electron chi connectivity index (χ3n) is 0.158. The molecule has 0 bridgehead atoms. The zero-order valence-corrected chi connectivity index (χ0v) is 2.65. The number of hydrogen-bond donors (Lipinski definition) is 0. The van der Waals surface area contributed by atoms with Crippen molar-refractivity contribution in [3.05, 3.63) is 0 Å². The molecule has 0 aliphatic heterocycles. The van der Waals surface area contributed by atoms with E-state index in [4.69, 9.17) is 5.26 Å². The normalized spacial score (nSPS) is 4.00. The largest absolute Gasteiger partial charge is 0.198 e. The molecule has 1 nitrogen and oxygen atoms in total. The van der Waals surface area contributed by atoms with Crippen LogP contribution in [-0.4, -0.2) is 17.4 Å². The van der Waals surface area contributed by atoms with Gasteiger partial charge in [0.2, 0.25) is 0 Å². The highest BCUT2D eigenvalue weighted by Crippen LogP contribution is 1.58. The molecule has 0 aromatic carbocycles. The number of nitrogens with zero attached hydrogens (tertiary/aromatic N) is 1. The van der Waals surface area contributed by atoms with Crippen molar-refractivity contribution in [1.29, 1.82) is 5.26 Å². The number of nitriles is 1. The summed E-state index contributed by atoms with van der Waals surface area (Å²) in [5.74, 6) is 0. The lowest BCUT2D eigenvalue weighted by Gasteiger charge is -1.47. The highest BCUT2D eigenvalue weighted by Gasteiger charge is 1.49. The molecule has 0 radical (unpaired) electrons. The Morgan fingerprint density at radius 1 is 1.80 bits per heavy atom. The van der Waals surface area contributed by atoms with Gasteiger partial charge in [-0.15, -0.1) is 0 Å². The summed E-state index contributed by atoms with van der Waals surface area (Å²) < 4.78 is 0. The molecule has 0 spiro atoms. The predicted molar refractivity (Wildman–Crippen MR) is 25.8 cm³/mol. The van der Waals surface area contributed by atoms with Crippen molar-refractivity contribution in [2.75, 3.05) is 0 Å². The standard InChI is InChI=1S/C3H5N.Al.3H/c1-2-3-4;;;;/h2H2,1H3;;;;. The summed E-state index contributed by atoms with van der Waals surface area (Å²) >= 11 is 0. The average Bonchev–Trinajstić information content (AvgIpc) is 1.37. The van der Waals surface area contributed by atoms with Crippen molar-refractivity contribution in [1.82, 2.24) is 0 Å². The molecule has 0 aromatic heterocycles. The second-order valence-corrected chi connectivity index (χ2v) is 0.512. The molecule has 28 valence electrons. The van der Waals surface area contributed by atoms with Crippen LogP contribution in [-0.2, 0) is 0 Å². The molecule has 0 aliphatic carbocycles. The van der Waals surface area contributed by atoms with Gasteiger partial charge >= 0.3 is 0 Å². The summed E-state index contributed by atoms with van der Waals surface area (Å²) in [5.41, 5.74) is 0. The fourth-order valence-corrected chi connectivity index (χ4v) is 0. The Hall–Kier alpha value is 0.0225. The van der Waals surface area contributed by atoms with Crippen LogP contribution in [0.1, 0.15) is 13.3 Å². The molecule has 0 aliphatic rings. The summed E-state index contributed by atoms with van der Waals surface area (Å²) in [4.78, 5) is 0. The summed E-state index contributed by atoms with van der Waals surface area (Å²) in [6, 6.07) is 1.93. The molecular formula is C3H8AlN. The van der Waals surface area contributed by atoms with E-state index in [-0.39, 0.29) is 17.4 Å². The summed E-state index contributed by atoms with van der Waals surface area (Å²) in [7, 11) is 0. The molecule has 0 unspecified atom stereocenters. The molecule has 0 N–H and O–H groups in total. The molecule has 0 saturated heterocycles. The van der Waals surface area contributed by atoms with Gasteiger partial charge in [0.25, 0.3) is 0 Å². The van der Waals surface area contributed by atoms with Gasteiger partial charge in [0.15, 0.2) is 17.4 Å². The maximum atomic E-state index is 7.62. The predicted octanol–water partition coefficient (Wildman–Crippen LogP) is -0.264. The highest BCUT2D eigenvalue weighted by molar-refractivity contribution is 5.75. The first-order chi connectivity index (χ1) is 1.91. The van der Waals surface area contributed by atoms with E-state index < -0.39 is 0 Å². The zero-order chi connectivity index (χ0) is 3.41. The summed E-state index contributed by atoms with van der Waals surface area (Å²) in [6.07, 6.45) is 0.625. The first kappa shape index (κ1) is 8.90. The Balaban J connectivity index is 0. The van der Waals surface area contributed by atoms with Crippen molar-refractivity contribution < 1.29 is 0 Å². The van der Waals surface area contributed by atoms with Gasteiger partial charge in [0.1, 0.15) is 0 Å². The molecular weight excluding hydrogens is 77.0 g/mol. The van der Waals surface area contributed by atoms with E-state index in [0.29, 0.717) is 6.42 Å². The quantitative estimate of drug-likeness (QED) is 0.372. The first-order valence-electron chi connectivity index (χ1n) is 1.28. The lowest BCUT2D eigenvalue weighted by atomic mass is 10.6. The SMILES string of the molecule is CCC#N.[AlH3]. The van der Waals surface area contributed by atoms with Gasteiger partial charge in [-0.1, -0.05) is 6.92 Å². The van der Waals surface area contributed by atoms with E-state index in [1.165, 1.54) is 0 Å². The van der Waals surface area contributed by atoms with Gasteiger partial charge in [-0.2, -0.15) is 5.26 Å². The molecule has 0 fully saturated rings. The third kappa shape index (κ3) is 15.7. The maximum Gasteiger partial charge on any atom is 0.187 e. The Bertz CT molecular complexity index is 36.6. The van der Waals surface area contributed by atoms with Crippen LogP contribution in [0.15, 0.2) is 0 Å². The van der Waals surface area contributed by atoms with Crippen molar-refractivity contribution in [2.24, 2.45) is 0 Å². The molecule has 0 rings (SSSR count). The van der Waals surface area contributed by atoms with Gasteiger partial charge in [0.05, 0.1) is 6.07 Å². The topological polar surface area (TPSA) is 23.8 Å². The van der Waals surface area contributed by atoms with Crippen molar-refractivity contribution >= 4 is 17.4 Å². The lowest BCUT2D eigenvalue weighted by molar-refractivity contribution is 1.22. The number of hydrogen-bond acceptors (Lipinski definition) is 1. The smallest absolute Gasteiger partial charge is 0.187 e. The number of rotatable bonds is 0. The van der Waals surface area contributed by atoms with Crippen LogP contribution < -0.4 is 0 Å².